The number of nitrogens with zero attached hydrogens (tertiary/aromatic N) is 1. The van der Waals surface area contributed by atoms with Crippen molar-refractivity contribution >= 4 is 16.6 Å². The van der Waals surface area contributed by atoms with E-state index in [-0.39, 0.29) is 5.56 Å². The number of aromatic nitrogens is 1. The van der Waals surface area contributed by atoms with Crippen molar-refractivity contribution in [2.45, 2.75) is 13.5 Å². The quantitative estimate of drug-likeness (QED) is 0.808. The first-order chi connectivity index (χ1) is 7.27. The van der Waals surface area contributed by atoms with Crippen LogP contribution in [0.25, 0.3) is 10.9 Å². The number of hydrogen-bond donors (Lipinski definition) is 1. The van der Waals surface area contributed by atoms with Gasteiger partial charge in [0.1, 0.15) is 5.69 Å². The molecule has 0 aliphatic heterocycles. The van der Waals surface area contributed by atoms with Gasteiger partial charge in [0.2, 0.25) is 0 Å². The van der Waals surface area contributed by atoms with E-state index >= 15 is 0 Å². The number of benzene rings is 1. The van der Waals surface area contributed by atoms with Gasteiger partial charge in [0.05, 0.1) is 5.52 Å². The standard InChI is InChI=1S/C12H14N2O/c1-3-14-11-7-5-4-6-9(11)8-10(13-2)12(14)15/h4-8,13H,3H2,1-2H3. The van der Waals surface area contributed by atoms with Crippen LogP contribution in [-0.2, 0) is 6.54 Å². The first-order valence-electron chi connectivity index (χ1n) is 5.08. The maximum atomic E-state index is 11.9. The molecule has 0 bridgehead atoms. The van der Waals surface area contributed by atoms with Crippen LogP contribution in [0.1, 0.15) is 6.92 Å². The molecule has 0 fully saturated rings. The summed E-state index contributed by atoms with van der Waals surface area (Å²) in [6.45, 7) is 2.67. The van der Waals surface area contributed by atoms with Crippen molar-refractivity contribution in [2.24, 2.45) is 0 Å². The fraction of sp³-hybridized carbons (Fsp3) is 0.250. The minimum Gasteiger partial charge on any atom is -0.384 e. The number of pyridine rings is 1. The number of para-hydroxylation sites is 1. The minimum atomic E-state index is 0.0405. The van der Waals surface area contributed by atoms with Crippen LogP contribution in [0.3, 0.4) is 0 Å². The number of rotatable bonds is 2. The molecule has 1 heterocycles. The summed E-state index contributed by atoms with van der Waals surface area (Å²) in [5, 5.41) is 4.02. The molecule has 0 aliphatic carbocycles. The van der Waals surface area contributed by atoms with Crippen LogP contribution in [0.5, 0.6) is 0 Å². The molecule has 1 aromatic carbocycles. The number of fused-ring (bicyclic) bond motifs is 1. The van der Waals surface area contributed by atoms with Crippen molar-refractivity contribution in [2.75, 3.05) is 12.4 Å². The van der Waals surface area contributed by atoms with E-state index in [2.05, 4.69) is 5.32 Å². The highest BCUT2D eigenvalue weighted by molar-refractivity contribution is 5.82. The Morgan fingerprint density at radius 1 is 1.33 bits per heavy atom. The smallest absolute Gasteiger partial charge is 0.274 e. The monoisotopic (exact) mass is 202 g/mol. The molecule has 0 radical (unpaired) electrons. The number of hydrogen-bond acceptors (Lipinski definition) is 2. The van der Waals surface area contributed by atoms with E-state index in [0.29, 0.717) is 12.2 Å². The molecule has 0 atom stereocenters. The number of aryl methyl sites for hydroxylation is 1. The number of anilines is 1. The van der Waals surface area contributed by atoms with Gasteiger partial charge in [-0.3, -0.25) is 4.79 Å². The molecular weight excluding hydrogens is 188 g/mol. The fourth-order valence-electron chi connectivity index (χ4n) is 1.82. The number of nitrogens with one attached hydrogen (secondary N) is 1. The van der Waals surface area contributed by atoms with Crippen molar-refractivity contribution < 1.29 is 0 Å². The highest BCUT2D eigenvalue weighted by atomic mass is 16.1. The zero-order chi connectivity index (χ0) is 10.8. The predicted molar refractivity (Wildman–Crippen MR) is 63.4 cm³/mol. The van der Waals surface area contributed by atoms with E-state index in [1.165, 1.54) is 0 Å². The Labute approximate surface area is 88.3 Å². The summed E-state index contributed by atoms with van der Waals surface area (Å²) in [6, 6.07) is 9.81. The predicted octanol–water partition coefficient (Wildman–Crippen LogP) is 2.06. The molecule has 0 spiro atoms. The Hall–Kier alpha value is -1.77. The van der Waals surface area contributed by atoms with E-state index in [1.807, 2.05) is 37.3 Å². The van der Waals surface area contributed by atoms with E-state index < -0.39 is 0 Å². The van der Waals surface area contributed by atoms with Crippen LogP contribution < -0.4 is 10.9 Å². The van der Waals surface area contributed by atoms with Gasteiger partial charge in [-0.15, -0.1) is 0 Å². The average Bonchev–Trinajstić information content (AvgIpc) is 2.28. The Bertz CT molecular complexity index is 543. The van der Waals surface area contributed by atoms with Crippen molar-refractivity contribution in [3.63, 3.8) is 0 Å². The van der Waals surface area contributed by atoms with Crippen molar-refractivity contribution in [3.8, 4) is 0 Å². The molecule has 78 valence electrons. The molecule has 3 nitrogen and oxygen atoms in total. The molecule has 0 unspecified atom stereocenters. The third-order valence-corrected chi connectivity index (χ3v) is 2.59. The summed E-state index contributed by atoms with van der Waals surface area (Å²) >= 11 is 0. The lowest BCUT2D eigenvalue weighted by molar-refractivity contribution is 0.761. The maximum Gasteiger partial charge on any atom is 0.274 e. The maximum absolute atomic E-state index is 11.9. The largest absolute Gasteiger partial charge is 0.384 e. The molecular formula is C12H14N2O. The van der Waals surface area contributed by atoms with Gasteiger partial charge in [-0.25, -0.2) is 0 Å². The van der Waals surface area contributed by atoms with Gasteiger partial charge in [0, 0.05) is 19.0 Å². The lowest BCUT2D eigenvalue weighted by Gasteiger charge is -2.10. The molecule has 1 N–H and O–H groups in total. The fourth-order valence-corrected chi connectivity index (χ4v) is 1.82. The summed E-state index contributed by atoms with van der Waals surface area (Å²) in [5.74, 6) is 0. The van der Waals surface area contributed by atoms with Gasteiger partial charge < -0.3 is 9.88 Å². The Morgan fingerprint density at radius 3 is 2.73 bits per heavy atom. The first-order valence-corrected chi connectivity index (χ1v) is 5.08. The minimum absolute atomic E-state index is 0.0405. The summed E-state index contributed by atoms with van der Waals surface area (Å²) in [6.07, 6.45) is 0. The van der Waals surface area contributed by atoms with Crippen LogP contribution in [0.4, 0.5) is 5.69 Å². The Balaban J connectivity index is 2.90. The molecule has 1 aromatic heterocycles. The molecule has 0 amide bonds. The van der Waals surface area contributed by atoms with Gasteiger partial charge >= 0.3 is 0 Å². The van der Waals surface area contributed by atoms with Crippen molar-refractivity contribution in [1.29, 1.82) is 0 Å². The van der Waals surface area contributed by atoms with E-state index in [0.717, 1.165) is 10.9 Å². The molecule has 0 saturated carbocycles. The highest BCUT2D eigenvalue weighted by Crippen LogP contribution is 2.15. The van der Waals surface area contributed by atoms with E-state index in [4.69, 9.17) is 0 Å². The Morgan fingerprint density at radius 2 is 2.07 bits per heavy atom. The van der Waals surface area contributed by atoms with Gasteiger partial charge in [0.25, 0.3) is 5.56 Å². The van der Waals surface area contributed by atoms with Crippen LogP contribution in [0, 0.1) is 0 Å². The highest BCUT2D eigenvalue weighted by Gasteiger charge is 2.05. The summed E-state index contributed by atoms with van der Waals surface area (Å²) < 4.78 is 1.78. The normalized spacial score (nSPS) is 10.5. The van der Waals surface area contributed by atoms with E-state index in [1.54, 1.807) is 11.6 Å². The van der Waals surface area contributed by atoms with E-state index in [9.17, 15) is 4.79 Å². The van der Waals surface area contributed by atoms with Crippen LogP contribution >= 0.6 is 0 Å². The van der Waals surface area contributed by atoms with Crippen LogP contribution in [0.15, 0.2) is 35.1 Å². The van der Waals surface area contributed by atoms with Gasteiger partial charge in [-0.05, 0) is 19.1 Å². The molecule has 2 rings (SSSR count). The summed E-state index contributed by atoms with van der Waals surface area (Å²) in [5.41, 5.74) is 1.68. The van der Waals surface area contributed by atoms with Crippen molar-refractivity contribution in [3.05, 3.63) is 40.7 Å². The zero-order valence-electron chi connectivity index (χ0n) is 8.95. The molecule has 2 aromatic rings. The molecule has 3 heteroatoms. The molecule has 15 heavy (non-hydrogen) atoms. The zero-order valence-corrected chi connectivity index (χ0v) is 8.95. The van der Waals surface area contributed by atoms with Crippen LogP contribution in [0.2, 0.25) is 0 Å². The first kappa shape index (κ1) is 9.77. The average molecular weight is 202 g/mol. The SMILES string of the molecule is CCn1c(=O)c(NC)cc2ccccc21. The summed E-state index contributed by atoms with van der Waals surface area (Å²) in [7, 11) is 1.77. The summed E-state index contributed by atoms with van der Waals surface area (Å²) in [4.78, 5) is 11.9. The third kappa shape index (κ3) is 1.50. The third-order valence-electron chi connectivity index (χ3n) is 2.59. The lowest BCUT2D eigenvalue weighted by Crippen LogP contribution is -2.22. The van der Waals surface area contributed by atoms with Crippen LogP contribution in [-0.4, -0.2) is 11.6 Å². The molecule has 0 saturated heterocycles. The second-order valence-electron chi connectivity index (χ2n) is 3.42. The lowest BCUT2D eigenvalue weighted by atomic mass is 10.2. The molecule has 0 aliphatic rings. The second kappa shape index (κ2) is 3.77. The van der Waals surface area contributed by atoms with Crippen molar-refractivity contribution in [1.82, 2.24) is 4.57 Å². The van der Waals surface area contributed by atoms with Gasteiger partial charge in [-0.1, -0.05) is 18.2 Å². The Kier molecular flexibility index (Phi) is 2.46. The van der Waals surface area contributed by atoms with Gasteiger partial charge in [0.15, 0.2) is 0 Å². The topological polar surface area (TPSA) is 34.0 Å². The second-order valence-corrected chi connectivity index (χ2v) is 3.42. The van der Waals surface area contributed by atoms with Gasteiger partial charge in [-0.2, -0.15) is 0 Å².